The summed E-state index contributed by atoms with van der Waals surface area (Å²) in [5.74, 6) is -0.524. The zero-order valence-corrected chi connectivity index (χ0v) is 18.0. The second kappa shape index (κ2) is 8.88. The van der Waals surface area contributed by atoms with Crippen LogP contribution in [0.5, 0.6) is 5.75 Å². The molecule has 0 radical (unpaired) electrons. The van der Waals surface area contributed by atoms with E-state index in [1.165, 1.54) is 12.2 Å². The Balaban J connectivity index is 1.69. The van der Waals surface area contributed by atoms with Crippen LogP contribution in [0.2, 0.25) is 0 Å². The molecule has 1 heterocycles. The number of carbonyl (C=O) groups is 2. The van der Waals surface area contributed by atoms with Gasteiger partial charge < -0.3 is 14.4 Å². The van der Waals surface area contributed by atoms with E-state index in [0.29, 0.717) is 11.3 Å². The van der Waals surface area contributed by atoms with Crippen LogP contribution in [0.15, 0.2) is 65.9 Å². The SMILES string of the molecule is COc1ccc(C=C(C#N)C(=O)OCC(=O)C=C2N(C)c3ccccc3C2(C)C)cc1. The predicted molar refractivity (Wildman–Crippen MR) is 119 cm³/mol. The van der Waals surface area contributed by atoms with Gasteiger partial charge in [0.25, 0.3) is 0 Å². The molecule has 6 nitrogen and oxygen atoms in total. The molecule has 0 aliphatic carbocycles. The van der Waals surface area contributed by atoms with Crippen molar-refractivity contribution in [2.75, 3.05) is 25.7 Å². The van der Waals surface area contributed by atoms with Gasteiger partial charge in [-0.25, -0.2) is 4.79 Å². The van der Waals surface area contributed by atoms with Gasteiger partial charge in [0.15, 0.2) is 12.4 Å². The third kappa shape index (κ3) is 4.51. The van der Waals surface area contributed by atoms with Gasteiger partial charge in [-0.15, -0.1) is 0 Å². The van der Waals surface area contributed by atoms with Gasteiger partial charge in [-0.1, -0.05) is 44.2 Å². The largest absolute Gasteiger partial charge is 0.497 e. The molecule has 0 aromatic heterocycles. The summed E-state index contributed by atoms with van der Waals surface area (Å²) in [6, 6.07) is 16.7. The van der Waals surface area contributed by atoms with Crippen LogP contribution in [0.1, 0.15) is 25.0 Å². The third-order valence-corrected chi connectivity index (χ3v) is 5.35. The van der Waals surface area contributed by atoms with Crippen molar-refractivity contribution in [2.24, 2.45) is 0 Å². The maximum Gasteiger partial charge on any atom is 0.349 e. The number of allylic oxidation sites excluding steroid dienone is 1. The van der Waals surface area contributed by atoms with Crippen LogP contribution in [0, 0.1) is 11.3 Å². The fourth-order valence-corrected chi connectivity index (χ4v) is 3.67. The molecule has 1 aliphatic rings. The zero-order chi connectivity index (χ0) is 22.6. The van der Waals surface area contributed by atoms with Crippen molar-refractivity contribution < 1.29 is 19.1 Å². The van der Waals surface area contributed by atoms with Crippen molar-refractivity contribution in [3.63, 3.8) is 0 Å². The molecule has 158 valence electrons. The predicted octanol–water partition coefficient (Wildman–Crippen LogP) is 4.03. The van der Waals surface area contributed by atoms with Crippen LogP contribution >= 0.6 is 0 Å². The van der Waals surface area contributed by atoms with E-state index in [0.717, 1.165) is 16.9 Å². The van der Waals surface area contributed by atoms with Crippen molar-refractivity contribution in [1.82, 2.24) is 0 Å². The van der Waals surface area contributed by atoms with Crippen LogP contribution in [0.3, 0.4) is 0 Å². The monoisotopic (exact) mass is 416 g/mol. The summed E-state index contributed by atoms with van der Waals surface area (Å²) in [6.45, 7) is 3.65. The topological polar surface area (TPSA) is 79.6 Å². The second-order valence-electron chi connectivity index (χ2n) is 7.72. The van der Waals surface area contributed by atoms with Crippen molar-refractivity contribution in [1.29, 1.82) is 5.26 Å². The second-order valence-corrected chi connectivity index (χ2v) is 7.72. The number of carbonyl (C=O) groups excluding carboxylic acids is 2. The zero-order valence-electron chi connectivity index (χ0n) is 18.0. The summed E-state index contributed by atoms with van der Waals surface area (Å²) in [6.07, 6.45) is 2.92. The number of hydrogen-bond acceptors (Lipinski definition) is 6. The molecule has 0 atom stereocenters. The summed E-state index contributed by atoms with van der Waals surface area (Å²) in [5, 5.41) is 9.31. The molecular formula is C25H24N2O4. The molecule has 0 saturated heterocycles. The number of esters is 1. The van der Waals surface area contributed by atoms with Crippen molar-refractivity contribution in [3.05, 3.63) is 77.0 Å². The van der Waals surface area contributed by atoms with E-state index in [2.05, 4.69) is 0 Å². The first-order valence-electron chi connectivity index (χ1n) is 9.79. The molecule has 6 heteroatoms. The quantitative estimate of drug-likeness (QED) is 0.402. The van der Waals surface area contributed by atoms with Crippen LogP contribution in [0.4, 0.5) is 5.69 Å². The van der Waals surface area contributed by atoms with Crippen molar-refractivity contribution >= 4 is 23.5 Å². The number of likely N-dealkylation sites (N-methyl/N-ethyl adjacent to an activating group) is 1. The van der Waals surface area contributed by atoms with Gasteiger partial charge in [-0.3, -0.25) is 4.79 Å². The van der Waals surface area contributed by atoms with Crippen LogP contribution < -0.4 is 9.64 Å². The lowest BCUT2D eigenvalue weighted by molar-refractivity contribution is -0.142. The van der Waals surface area contributed by atoms with Crippen molar-refractivity contribution in [2.45, 2.75) is 19.3 Å². The fraction of sp³-hybridized carbons (Fsp3) is 0.240. The highest BCUT2D eigenvalue weighted by Gasteiger charge is 2.38. The minimum atomic E-state index is -0.840. The Labute approximate surface area is 182 Å². The minimum Gasteiger partial charge on any atom is -0.497 e. The molecular weight excluding hydrogens is 392 g/mol. The number of anilines is 1. The molecule has 0 N–H and O–H groups in total. The van der Waals surface area contributed by atoms with Crippen LogP contribution in [-0.4, -0.2) is 32.5 Å². The first kappa shape index (κ1) is 21.8. The Bertz CT molecular complexity index is 1110. The molecule has 2 aromatic rings. The van der Waals surface area contributed by atoms with E-state index in [1.54, 1.807) is 31.4 Å². The lowest BCUT2D eigenvalue weighted by Gasteiger charge is -2.23. The number of nitrogens with zero attached hydrogens (tertiary/aromatic N) is 2. The van der Waals surface area contributed by atoms with E-state index in [4.69, 9.17) is 9.47 Å². The third-order valence-electron chi connectivity index (χ3n) is 5.35. The average Bonchev–Trinajstić information content (AvgIpc) is 2.97. The van der Waals surface area contributed by atoms with Gasteiger partial charge >= 0.3 is 5.97 Å². The first-order valence-corrected chi connectivity index (χ1v) is 9.79. The molecule has 1 aliphatic heterocycles. The van der Waals surface area contributed by atoms with Gasteiger partial charge in [0.1, 0.15) is 17.4 Å². The number of ketones is 1. The maximum absolute atomic E-state index is 12.5. The highest BCUT2D eigenvalue weighted by Crippen LogP contribution is 2.46. The molecule has 31 heavy (non-hydrogen) atoms. The fourth-order valence-electron chi connectivity index (χ4n) is 3.67. The number of para-hydroxylation sites is 1. The van der Waals surface area contributed by atoms with Gasteiger partial charge in [-0.05, 0) is 35.4 Å². The Morgan fingerprint density at radius 1 is 1.13 bits per heavy atom. The number of rotatable bonds is 6. The number of nitriles is 1. The number of methoxy groups -OCH3 is 1. The maximum atomic E-state index is 12.5. The summed E-state index contributed by atoms with van der Waals surface area (Å²) < 4.78 is 10.2. The van der Waals surface area contributed by atoms with E-state index in [1.807, 2.05) is 56.1 Å². The average molecular weight is 416 g/mol. The highest BCUT2D eigenvalue weighted by atomic mass is 16.5. The summed E-state index contributed by atoms with van der Waals surface area (Å²) in [4.78, 5) is 26.8. The summed E-state index contributed by atoms with van der Waals surface area (Å²) in [7, 11) is 3.46. The smallest absolute Gasteiger partial charge is 0.349 e. The van der Waals surface area contributed by atoms with Crippen LogP contribution in [-0.2, 0) is 19.7 Å². The molecule has 0 amide bonds. The highest BCUT2D eigenvalue weighted by molar-refractivity contribution is 6.00. The molecule has 3 rings (SSSR count). The Hall–Kier alpha value is -3.85. The van der Waals surface area contributed by atoms with Gasteiger partial charge in [0.2, 0.25) is 0 Å². The van der Waals surface area contributed by atoms with E-state index in [-0.39, 0.29) is 16.8 Å². The van der Waals surface area contributed by atoms with Gasteiger partial charge in [0.05, 0.1) is 7.11 Å². The first-order chi connectivity index (χ1) is 14.8. The van der Waals surface area contributed by atoms with E-state index in [9.17, 15) is 14.9 Å². The Morgan fingerprint density at radius 3 is 2.42 bits per heavy atom. The lowest BCUT2D eigenvalue weighted by Crippen LogP contribution is -2.25. The molecule has 2 aromatic carbocycles. The number of fused-ring (bicyclic) bond motifs is 1. The molecule has 0 spiro atoms. The molecule has 0 saturated carbocycles. The normalized spacial score (nSPS) is 15.9. The molecule has 0 unspecified atom stereocenters. The number of ether oxygens (including phenoxy) is 2. The minimum absolute atomic E-state index is 0.184. The van der Waals surface area contributed by atoms with Crippen molar-refractivity contribution in [3.8, 4) is 11.8 Å². The standard InChI is InChI=1S/C25H24N2O4/c1-25(2)21-7-5-6-8-22(21)27(3)23(25)14-19(28)16-31-24(29)18(15-26)13-17-9-11-20(30-4)12-10-17/h5-14H,16H2,1-4H3. The summed E-state index contributed by atoms with van der Waals surface area (Å²) >= 11 is 0. The number of hydrogen-bond donors (Lipinski definition) is 0. The lowest BCUT2D eigenvalue weighted by atomic mass is 9.83. The van der Waals surface area contributed by atoms with E-state index >= 15 is 0 Å². The number of benzene rings is 2. The van der Waals surface area contributed by atoms with Gasteiger partial charge in [-0.2, -0.15) is 5.26 Å². The van der Waals surface area contributed by atoms with Crippen LogP contribution in [0.25, 0.3) is 6.08 Å². The molecule has 0 bridgehead atoms. The summed E-state index contributed by atoms with van der Waals surface area (Å²) in [5.41, 5.74) is 3.10. The Morgan fingerprint density at radius 2 is 1.81 bits per heavy atom. The Kier molecular flexibility index (Phi) is 6.26. The van der Waals surface area contributed by atoms with E-state index < -0.39 is 12.6 Å². The van der Waals surface area contributed by atoms with Gasteiger partial charge in [0, 0.05) is 29.9 Å². The molecule has 0 fully saturated rings.